The number of para-hydroxylation sites is 3. The Bertz CT molecular complexity index is 2050. The largest absolute Gasteiger partial charge is 0.319 e. The summed E-state index contributed by atoms with van der Waals surface area (Å²) >= 11 is 1.68. The SMILES string of the molecule is Cc1ccnc(-n2c3[c-]c(Sc4[c-]c(-n5[cH+]n(C(C)(C)C)c6ccccc65)ccc4)ccc3c3ccccc32)c1.[Pt]. The molecule has 0 aliphatic heterocycles. The van der Waals surface area contributed by atoms with Gasteiger partial charge in [-0.15, -0.1) is 34.2 Å². The van der Waals surface area contributed by atoms with Crippen LogP contribution >= 0.6 is 11.8 Å². The molecule has 0 radical (unpaired) electrons. The Hall–Kier alpha value is -3.66. The van der Waals surface area contributed by atoms with Gasteiger partial charge in [-0.05, 0) is 69.0 Å². The third-order valence-corrected chi connectivity index (χ3v) is 8.19. The van der Waals surface area contributed by atoms with Gasteiger partial charge in [-0.3, -0.25) is 0 Å². The van der Waals surface area contributed by atoms with Gasteiger partial charge in [0.1, 0.15) is 5.82 Å². The first-order chi connectivity index (χ1) is 19.4. The van der Waals surface area contributed by atoms with E-state index in [0.29, 0.717) is 0 Å². The van der Waals surface area contributed by atoms with Crippen LogP contribution < -0.4 is 0 Å². The maximum Gasteiger partial charge on any atom is 0.188 e. The zero-order chi connectivity index (χ0) is 27.4. The number of imidazole rings is 1. The maximum absolute atomic E-state index is 4.71. The van der Waals surface area contributed by atoms with Crippen LogP contribution in [0.1, 0.15) is 26.3 Å². The van der Waals surface area contributed by atoms with E-state index in [4.69, 9.17) is 4.98 Å². The molecule has 7 aromatic rings. The molecule has 4 nitrogen and oxygen atoms in total. The van der Waals surface area contributed by atoms with Crippen LogP contribution in [0.3, 0.4) is 0 Å². The van der Waals surface area contributed by atoms with Gasteiger partial charge in [0.2, 0.25) is 0 Å². The number of nitrogens with zero attached hydrogens (tertiary/aromatic N) is 4. The van der Waals surface area contributed by atoms with Gasteiger partial charge in [-0.2, -0.15) is 24.3 Å². The van der Waals surface area contributed by atoms with E-state index in [2.05, 4.69) is 145 Å². The van der Waals surface area contributed by atoms with Crippen LogP contribution in [-0.2, 0) is 26.6 Å². The monoisotopic (exact) mass is 732 g/mol. The fourth-order valence-electron chi connectivity index (χ4n) is 5.41. The average Bonchev–Trinajstić information content (AvgIpc) is 3.50. The molecule has 0 unspecified atom stereocenters. The molecule has 0 amide bonds. The summed E-state index contributed by atoms with van der Waals surface area (Å²) in [7, 11) is 0. The fourth-order valence-corrected chi connectivity index (χ4v) is 6.23. The molecule has 0 spiro atoms. The molecule has 41 heavy (non-hydrogen) atoms. The standard InChI is InChI=1S/C35H29N4S.Pt/c1-24-18-19-36-34(20-24)39-30-13-6-5-12-28(30)29-17-16-27(22-33(29)39)40-26-11-9-10-25(21-26)37-23-38(35(2,3)4)32-15-8-7-14-31(32)37;/h5-20,23H,1-4H3;/q-1;. The smallest absolute Gasteiger partial charge is 0.188 e. The molecule has 0 fully saturated rings. The van der Waals surface area contributed by atoms with Gasteiger partial charge in [0.25, 0.3) is 0 Å². The van der Waals surface area contributed by atoms with Crippen molar-refractivity contribution in [3.63, 3.8) is 0 Å². The number of hydrogen-bond acceptors (Lipinski definition) is 2. The van der Waals surface area contributed by atoms with E-state index in [1.54, 1.807) is 11.8 Å². The second-order valence-corrected chi connectivity index (χ2v) is 12.2. The molecule has 3 aromatic heterocycles. The molecule has 0 aliphatic rings. The Labute approximate surface area is 258 Å². The number of fused-ring (bicyclic) bond motifs is 4. The first kappa shape index (κ1) is 27.5. The summed E-state index contributed by atoms with van der Waals surface area (Å²) in [5.74, 6) is 0.907. The van der Waals surface area contributed by atoms with E-state index in [0.717, 1.165) is 32.3 Å². The Morgan fingerprint density at radius 3 is 2.27 bits per heavy atom. The van der Waals surface area contributed by atoms with Crippen LogP contribution in [0, 0.1) is 19.1 Å². The third kappa shape index (κ3) is 4.92. The average molecular weight is 733 g/mol. The van der Waals surface area contributed by atoms with Crippen molar-refractivity contribution in [1.29, 1.82) is 0 Å². The molecular formula is C35H29N4PtS-. The summed E-state index contributed by atoms with van der Waals surface area (Å²) in [6.07, 6.45) is 4.06. The van der Waals surface area contributed by atoms with Crippen LogP contribution in [0.4, 0.5) is 0 Å². The molecule has 0 saturated heterocycles. The number of benzene rings is 4. The number of rotatable bonds is 4. The Morgan fingerprint density at radius 1 is 0.756 bits per heavy atom. The zero-order valence-electron chi connectivity index (χ0n) is 23.3. The quantitative estimate of drug-likeness (QED) is 0.169. The predicted molar refractivity (Wildman–Crippen MR) is 166 cm³/mol. The van der Waals surface area contributed by atoms with E-state index in [9.17, 15) is 0 Å². The summed E-state index contributed by atoms with van der Waals surface area (Å²) in [4.78, 5) is 6.80. The number of pyridine rings is 1. The minimum absolute atomic E-state index is 0. The molecule has 0 atom stereocenters. The molecule has 7 rings (SSSR count). The van der Waals surface area contributed by atoms with Crippen LogP contribution in [0.2, 0.25) is 0 Å². The van der Waals surface area contributed by atoms with Crippen LogP contribution in [0.25, 0.3) is 44.3 Å². The van der Waals surface area contributed by atoms with Gasteiger partial charge in [0.15, 0.2) is 17.4 Å². The molecule has 6 heteroatoms. The topological polar surface area (TPSA) is 27.7 Å². The molecule has 0 N–H and O–H groups in total. The summed E-state index contributed by atoms with van der Waals surface area (Å²) in [5.41, 5.74) is 6.70. The van der Waals surface area contributed by atoms with Gasteiger partial charge in [0.05, 0.1) is 5.54 Å². The van der Waals surface area contributed by atoms with Crippen LogP contribution in [-0.4, -0.2) is 18.7 Å². The summed E-state index contributed by atoms with van der Waals surface area (Å²) in [6.45, 7) is 8.80. The first-order valence-electron chi connectivity index (χ1n) is 13.5. The third-order valence-electron chi connectivity index (χ3n) is 7.27. The van der Waals surface area contributed by atoms with E-state index in [1.807, 2.05) is 12.3 Å². The molecule has 206 valence electrons. The first-order valence-corrected chi connectivity index (χ1v) is 14.3. The predicted octanol–water partition coefficient (Wildman–Crippen LogP) is 9.02. The number of hydrogen-bond donors (Lipinski definition) is 0. The van der Waals surface area contributed by atoms with Crippen molar-refractivity contribution >= 4 is 44.6 Å². The molecule has 0 aliphatic carbocycles. The second kappa shape index (κ2) is 10.6. The van der Waals surface area contributed by atoms with Gasteiger partial charge in [-0.1, -0.05) is 34.7 Å². The van der Waals surface area contributed by atoms with Crippen molar-refractivity contribution in [1.82, 2.24) is 18.7 Å². The normalized spacial score (nSPS) is 11.8. The minimum Gasteiger partial charge on any atom is -0.319 e. The molecule has 0 bridgehead atoms. The van der Waals surface area contributed by atoms with Crippen molar-refractivity contribution in [3.8, 4) is 11.5 Å². The van der Waals surface area contributed by atoms with Crippen molar-refractivity contribution in [2.45, 2.75) is 43.0 Å². The zero-order valence-corrected chi connectivity index (χ0v) is 26.4. The second-order valence-electron chi connectivity index (χ2n) is 11.1. The van der Waals surface area contributed by atoms with Crippen molar-refractivity contribution < 1.29 is 21.1 Å². The Morgan fingerprint density at radius 2 is 1.49 bits per heavy atom. The molecule has 3 heterocycles. The van der Waals surface area contributed by atoms with Gasteiger partial charge in [0, 0.05) is 50.6 Å². The van der Waals surface area contributed by atoms with Crippen LogP contribution in [0.5, 0.6) is 0 Å². The summed E-state index contributed by atoms with van der Waals surface area (Å²) < 4.78 is 6.79. The van der Waals surface area contributed by atoms with E-state index >= 15 is 0 Å². The molecule has 0 saturated carbocycles. The van der Waals surface area contributed by atoms with Crippen LogP contribution in [0.15, 0.2) is 113 Å². The Kier molecular flexibility index (Phi) is 7.13. The fraction of sp³-hybridized carbons (Fsp3) is 0.143. The van der Waals surface area contributed by atoms with Gasteiger partial charge < -0.3 is 4.57 Å². The van der Waals surface area contributed by atoms with E-state index in [-0.39, 0.29) is 26.6 Å². The van der Waals surface area contributed by atoms with Crippen molar-refractivity contribution in [3.05, 3.63) is 121 Å². The van der Waals surface area contributed by atoms with Crippen molar-refractivity contribution in [2.24, 2.45) is 0 Å². The van der Waals surface area contributed by atoms with E-state index in [1.165, 1.54) is 27.4 Å². The van der Waals surface area contributed by atoms with Gasteiger partial charge >= 0.3 is 0 Å². The van der Waals surface area contributed by atoms with Gasteiger partial charge in [-0.25, -0.2) is 14.1 Å². The number of aryl methyl sites for hydroxylation is 1. The molecule has 4 aromatic carbocycles. The maximum atomic E-state index is 4.71. The summed E-state index contributed by atoms with van der Waals surface area (Å²) in [6, 6.07) is 39.3. The number of aromatic nitrogens is 4. The van der Waals surface area contributed by atoms with E-state index < -0.39 is 0 Å². The Balaban J connectivity index is 0.00000302. The summed E-state index contributed by atoms with van der Waals surface area (Å²) in [5, 5.41) is 2.38. The minimum atomic E-state index is -0.0355. The molecular weight excluding hydrogens is 704 g/mol. The van der Waals surface area contributed by atoms with Crippen molar-refractivity contribution in [2.75, 3.05) is 0 Å².